The van der Waals surface area contributed by atoms with Gasteiger partial charge in [-0.25, -0.2) is 0 Å². The third-order valence-electron chi connectivity index (χ3n) is 2.74. The van der Waals surface area contributed by atoms with Gasteiger partial charge in [0, 0.05) is 12.1 Å². The highest BCUT2D eigenvalue weighted by Crippen LogP contribution is 2.37. The number of benzene rings is 2. The average molecular weight is 336 g/mol. The van der Waals surface area contributed by atoms with Gasteiger partial charge in [0.15, 0.2) is 0 Å². The molecule has 0 aromatic heterocycles. The lowest BCUT2D eigenvalue weighted by molar-refractivity contribution is -0.137. The first-order chi connectivity index (χ1) is 9.82. The molecule has 112 valence electrons. The zero-order valence-electron chi connectivity index (χ0n) is 10.5. The standard InChI is InChI=1S/C14H10Cl2F3NO/c15-10-2-1-3-12(13(10)16)21-11-5-4-9(14(17,18)19)6-8(11)7-20/h1-6H,7,20H2. The molecular weight excluding hydrogens is 326 g/mol. The molecule has 21 heavy (non-hydrogen) atoms. The summed E-state index contributed by atoms with van der Waals surface area (Å²) in [5.41, 5.74) is 4.92. The Labute approximate surface area is 129 Å². The summed E-state index contributed by atoms with van der Waals surface area (Å²) in [4.78, 5) is 0. The van der Waals surface area contributed by atoms with Crippen LogP contribution < -0.4 is 10.5 Å². The van der Waals surface area contributed by atoms with Crippen molar-refractivity contribution in [3.05, 3.63) is 57.6 Å². The predicted molar refractivity (Wildman–Crippen MR) is 75.9 cm³/mol. The van der Waals surface area contributed by atoms with E-state index in [0.29, 0.717) is 0 Å². The second-order valence-corrected chi connectivity index (χ2v) is 4.96. The van der Waals surface area contributed by atoms with Crippen molar-refractivity contribution in [1.29, 1.82) is 0 Å². The molecule has 0 radical (unpaired) electrons. The Morgan fingerprint density at radius 3 is 2.38 bits per heavy atom. The molecule has 7 heteroatoms. The molecule has 0 amide bonds. The minimum atomic E-state index is -4.43. The van der Waals surface area contributed by atoms with Crippen molar-refractivity contribution in [2.24, 2.45) is 5.73 Å². The van der Waals surface area contributed by atoms with Gasteiger partial charge < -0.3 is 10.5 Å². The summed E-state index contributed by atoms with van der Waals surface area (Å²) in [6, 6.07) is 7.85. The van der Waals surface area contributed by atoms with E-state index in [9.17, 15) is 13.2 Å². The van der Waals surface area contributed by atoms with Crippen molar-refractivity contribution < 1.29 is 17.9 Å². The lowest BCUT2D eigenvalue weighted by atomic mass is 10.1. The van der Waals surface area contributed by atoms with Crippen LogP contribution in [0.3, 0.4) is 0 Å². The van der Waals surface area contributed by atoms with Crippen LogP contribution in [0.4, 0.5) is 13.2 Å². The summed E-state index contributed by atoms with van der Waals surface area (Å²) in [5.74, 6) is 0.452. The molecule has 0 spiro atoms. The quantitative estimate of drug-likeness (QED) is 0.829. The van der Waals surface area contributed by atoms with E-state index < -0.39 is 11.7 Å². The smallest absolute Gasteiger partial charge is 0.416 e. The molecule has 0 aliphatic carbocycles. The van der Waals surface area contributed by atoms with Gasteiger partial charge in [-0.15, -0.1) is 0 Å². The van der Waals surface area contributed by atoms with E-state index in [4.69, 9.17) is 33.7 Å². The van der Waals surface area contributed by atoms with Crippen LogP contribution in [0.1, 0.15) is 11.1 Å². The summed E-state index contributed by atoms with van der Waals surface area (Å²) in [6.07, 6.45) is -4.43. The Morgan fingerprint density at radius 1 is 1.05 bits per heavy atom. The number of hydrogen-bond donors (Lipinski definition) is 1. The first kappa shape index (κ1) is 15.9. The average Bonchev–Trinajstić information content (AvgIpc) is 2.43. The van der Waals surface area contributed by atoms with Crippen LogP contribution in [0.5, 0.6) is 11.5 Å². The Morgan fingerprint density at radius 2 is 1.76 bits per heavy atom. The Hall–Kier alpha value is -1.43. The van der Waals surface area contributed by atoms with Crippen molar-refractivity contribution in [2.45, 2.75) is 12.7 Å². The molecule has 2 nitrogen and oxygen atoms in total. The highest BCUT2D eigenvalue weighted by atomic mass is 35.5. The molecule has 0 saturated carbocycles. The van der Waals surface area contributed by atoms with E-state index in [-0.39, 0.29) is 33.7 Å². The zero-order chi connectivity index (χ0) is 15.6. The minimum absolute atomic E-state index is 0.0998. The third-order valence-corrected chi connectivity index (χ3v) is 3.55. The molecule has 0 atom stereocenters. The summed E-state index contributed by atoms with van der Waals surface area (Å²) in [6.45, 7) is -0.0998. The Bertz CT molecular complexity index is 659. The second kappa shape index (κ2) is 6.13. The van der Waals surface area contributed by atoms with Gasteiger partial charge in [-0.3, -0.25) is 0 Å². The maximum absolute atomic E-state index is 12.7. The number of alkyl halides is 3. The third kappa shape index (κ3) is 3.61. The summed E-state index contributed by atoms with van der Waals surface area (Å²) >= 11 is 11.8. The van der Waals surface area contributed by atoms with Gasteiger partial charge in [-0.2, -0.15) is 13.2 Å². The lowest BCUT2D eigenvalue weighted by Crippen LogP contribution is -2.08. The van der Waals surface area contributed by atoms with Crippen LogP contribution in [-0.2, 0) is 12.7 Å². The molecule has 0 unspecified atom stereocenters. The van der Waals surface area contributed by atoms with E-state index in [0.717, 1.165) is 12.1 Å². The molecule has 0 bridgehead atoms. The van der Waals surface area contributed by atoms with E-state index in [1.165, 1.54) is 6.07 Å². The monoisotopic (exact) mass is 335 g/mol. The fourth-order valence-electron chi connectivity index (χ4n) is 1.70. The fourth-order valence-corrected chi connectivity index (χ4v) is 2.03. The molecule has 0 heterocycles. The summed E-state index contributed by atoms with van der Waals surface area (Å²) < 4.78 is 43.5. The highest BCUT2D eigenvalue weighted by molar-refractivity contribution is 6.42. The normalized spacial score (nSPS) is 11.5. The van der Waals surface area contributed by atoms with Gasteiger partial charge in [0.25, 0.3) is 0 Å². The molecule has 0 aliphatic heterocycles. The van der Waals surface area contributed by atoms with Gasteiger partial charge in [0.05, 0.1) is 10.6 Å². The molecule has 2 N–H and O–H groups in total. The van der Waals surface area contributed by atoms with Crippen molar-refractivity contribution >= 4 is 23.2 Å². The predicted octanol–water partition coefficient (Wildman–Crippen LogP) is 5.26. The Kier molecular flexibility index (Phi) is 4.66. The number of hydrogen-bond acceptors (Lipinski definition) is 2. The molecule has 2 aromatic rings. The van der Waals surface area contributed by atoms with Crippen LogP contribution in [0.25, 0.3) is 0 Å². The highest BCUT2D eigenvalue weighted by Gasteiger charge is 2.31. The fraction of sp³-hybridized carbons (Fsp3) is 0.143. The maximum atomic E-state index is 12.7. The van der Waals surface area contributed by atoms with Crippen LogP contribution in [0.15, 0.2) is 36.4 Å². The zero-order valence-corrected chi connectivity index (χ0v) is 12.1. The summed E-state index contributed by atoms with van der Waals surface area (Å²) in [5, 5.41) is 0.470. The van der Waals surface area contributed by atoms with Crippen LogP contribution in [0.2, 0.25) is 10.0 Å². The van der Waals surface area contributed by atoms with Crippen molar-refractivity contribution in [3.8, 4) is 11.5 Å². The number of rotatable bonds is 3. The SMILES string of the molecule is NCc1cc(C(F)(F)F)ccc1Oc1cccc(Cl)c1Cl. The molecular formula is C14H10Cl2F3NO. The van der Waals surface area contributed by atoms with E-state index in [1.807, 2.05) is 0 Å². The number of ether oxygens (including phenoxy) is 1. The van der Waals surface area contributed by atoms with E-state index >= 15 is 0 Å². The van der Waals surface area contributed by atoms with Crippen LogP contribution in [-0.4, -0.2) is 0 Å². The molecule has 0 saturated heterocycles. The van der Waals surface area contributed by atoms with Gasteiger partial charge in [-0.1, -0.05) is 29.3 Å². The molecule has 2 aromatic carbocycles. The first-order valence-electron chi connectivity index (χ1n) is 5.85. The van der Waals surface area contributed by atoms with Gasteiger partial charge in [0.2, 0.25) is 0 Å². The molecule has 0 aliphatic rings. The molecule has 2 rings (SSSR count). The van der Waals surface area contributed by atoms with E-state index in [2.05, 4.69) is 0 Å². The van der Waals surface area contributed by atoms with Gasteiger partial charge in [0.1, 0.15) is 16.5 Å². The summed E-state index contributed by atoms with van der Waals surface area (Å²) in [7, 11) is 0. The van der Waals surface area contributed by atoms with Gasteiger partial charge in [-0.05, 0) is 30.3 Å². The minimum Gasteiger partial charge on any atom is -0.455 e. The largest absolute Gasteiger partial charge is 0.455 e. The Balaban J connectivity index is 2.38. The maximum Gasteiger partial charge on any atom is 0.416 e. The number of nitrogens with two attached hydrogens (primary N) is 1. The topological polar surface area (TPSA) is 35.2 Å². The van der Waals surface area contributed by atoms with Crippen LogP contribution >= 0.6 is 23.2 Å². The second-order valence-electron chi connectivity index (χ2n) is 4.18. The molecule has 0 fully saturated rings. The van der Waals surface area contributed by atoms with Gasteiger partial charge >= 0.3 is 6.18 Å². The van der Waals surface area contributed by atoms with Crippen LogP contribution in [0, 0.1) is 0 Å². The lowest BCUT2D eigenvalue weighted by Gasteiger charge is -2.14. The van der Waals surface area contributed by atoms with E-state index in [1.54, 1.807) is 18.2 Å². The number of halogens is 5. The first-order valence-corrected chi connectivity index (χ1v) is 6.60. The van der Waals surface area contributed by atoms with Crippen molar-refractivity contribution in [2.75, 3.05) is 0 Å². The van der Waals surface area contributed by atoms with Crippen molar-refractivity contribution in [3.63, 3.8) is 0 Å². The van der Waals surface area contributed by atoms with Crippen molar-refractivity contribution in [1.82, 2.24) is 0 Å².